The molecule has 0 amide bonds. The summed E-state index contributed by atoms with van der Waals surface area (Å²) in [6.45, 7) is 8.01. The summed E-state index contributed by atoms with van der Waals surface area (Å²) in [4.78, 5) is 0.634. The third kappa shape index (κ3) is 4.96. The van der Waals surface area contributed by atoms with Gasteiger partial charge in [0.2, 0.25) is 0 Å². The van der Waals surface area contributed by atoms with Crippen molar-refractivity contribution in [3.8, 4) is 0 Å². The quantitative estimate of drug-likeness (QED) is 0.447. The highest BCUT2D eigenvalue weighted by Gasteiger charge is 2.31. The first-order valence-corrected chi connectivity index (χ1v) is 11.1. The van der Waals surface area contributed by atoms with Gasteiger partial charge in [-0.3, -0.25) is 0 Å². The van der Waals surface area contributed by atoms with Crippen LogP contribution in [0.5, 0.6) is 0 Å². The van der Waals surface area contributed by atoms with Crippen LogP contribution in [0.3, 0.4) is 0 Å². The number of aliphatic hydroxyl groups excluding tert-OH is 1. The molecule has 2 aliphatic carbocycles. The highest BCUT2D eigenvalue weighted by Crippen LogP contribution is 2.43. The average Bonchev–Trinajstić information content (AvgIpc) is 2.70. The van der Waals surface area contributed by atoms with Crippen molar-refractivity contribution < 1.29 is 9.50 Å². The predicted octanol–water partition coefficient (Wildman–Crippen LogP) is 6.01. The van der Waals surface area contributed by atoms with E-state index in [1.54, 1.807) is 6.08 Å². The van der Waals surface area contributed by atoms with Gasteiger partial charge < -0.3 is 16.2 Å². The van der Waals surface area contributed by atoms with Crippen LogP contribution < -0.4 is 11.1 Å². The lowest BCUT2D eigenvalue weighted by atomic mass is 9.89. The summed E-state index contributed by atoms with van der Waals surface area (Å²) in [6.07, 6.45) is 11.9. The first-order valence-electron chi connectivity index (χ1n) is 10.3. The van der Waals surface area contributed by atoms with E-state index in [1.807, 2.05) is 6.08 Å². The van der Waals surface area contributed by atoms with Gasteiger partial charge in [0.15, 0.2) is 0 Å². The second-order valence-corrected chi connectivity index (χ2v) is 8.82. The van der Waals surface area contributed by atoms with E-state index >= 15 is 0 Å². The number of halogens is 1. The Labute approximate surface area is 177 Å². The molecule has 4 N–H and O–H groups in total. The summed E-state index contributed by atoms with van der Waals surface area (Å²) in [7, 11) is 0. The van der Waals surface area contributed by atoms with Crippen LogP contribution in [-0.2, 0) is 0 Å². The highest BCUT2D eigenvalue weighted by molar-refractivity contribution is 8.06. The van der Waals surface area contributed by atoms with E-state index in [0.29, 0.717) is 41.9 Å². The molecule has 0 saturated heterocycles. The fourth-order valence-corrected chi connectivity index (χ4v) is 5.06. The van der Waals surface area contributed by atoms with E-state index < -0.39 is 6.10 Å². The molecule has 0 bridgehead atoms. The Kier molecular flexibility index (Phi) is 7.25. The second kappa shape index (κ2) is 9.68. The van der Waals surface area contributed by atoms with Gasteiger partial charge in [-0.05, 0) is 56.3 Å². The fraction of sp³-hybridized carbons (Fsp3) is 0.417. The predicted molar refractivity (Wildman–Crippen MR) is 121 cm³/mol. The second-order valence-electron chi connectivity index (χ2n) is 7.77. The van der Waals surface area contributed by atoms with E-state index in [1.165, 1.54) is 22.9 Å². The molecule has 0 fully saturated rings. The highest BCUT2D eigenvalue weighted by atomic mass is 32.2. The van der Waals surface area contributed by atoms with Gasteiger partial charge in [0.05, 0.1) is 5.03 Å². The van der Waals surface area contributed by atoms with E-state index in [9.17, 15) is 9.50 Å². The molecule has 0 spiro atoms. The van der Waals surface area contributed by atoms with Crippen LogP contribution in [0.1, 0.15) is 58.8 Å². The van der Waals surface area contributed by atoms with Crippen molar-refractivity contribution in [2.24, 2.45) is 5.73 Å². The number of thioether (sulfide) groups is 1. The molecule has 1 aliphatic heterocycles. The van der Waals surface area contributed by atoms with Crippen molar-refractivity contribution in [2.45, 2.75) is 64.9 Å². The smallest absolute Gasteiger partial charge is 0.115 e. The Bertz CT molecular complexity index is 873. The third-order valence-corrected chi connectivity index (χ3v) is 6.89. The maximum absolute atomic E-state index is 14.7. The minimum absolute atomic E-state index is 0.242. The topological polar surface area (TPSA) is 58.3 Å². The number of nitrogens with two attached hydrogens (primary N) is 1. The van der Waals surface area contributed by atoms with Gasteiger partial charge in [0, 0.05) is 34.7 Å². The molecule has 1 unspecified atom stereocenters. The fourth-order valence-electron chi connectivity index (χ4n) is 3.86. The lowest BCUT2D eigenvalue weighted by Crippen LogP contribution is -2.25. The lowest BCUT2D eigenvalue weighted by molar-refractivity contribution is 0.250. The number of aliphatic hydroxyl groups is 1. The maximum atomic E-state index is 14.7. The molecule has 0 radical (unpaired) electrons. The largest absolute Gasteiger partial charge is 0.401 e. The van der Waals surface area contributed by atoms with Crippen LogP contribution in [0, 0.1) is 0 Å². The average molecular weight is 415 g/mol. The van der Waals surface area contributed by atoms with E-state index in [4.69, 9.17) is 5.73 Å². The Balaban J connectivity index is 1.86. The van der Waals surface area contributed by atoms with Gasteiger partial charge in [-0.2, -0.15) is 0 Å². The molecule has 1 heterocycles. The van der Waals surface area contributed by atoms with Crippen LogP contribution >= 0.6 is 11.8 Å². The maximum Gasteiger partial charge on any atom is 0.115 e. The molecule has 156 valence electrons. The Hall–Kier alpha value is -1.98. The Morgan fingerprint density at radius 1 is 1.34 bits per heavy atom. The molecule has 3 rings (SSSR count). The summed E-state index contributed by atoms with van der Waals surface area (Å²) < 4.78 is 14.7. The van der Waals surface area contributed by atoms with Crippen molar-refractivity contribution in [3.63, 3.8) is 0 Å². The van der Waals surface area contributed by atoms with Gasteiger partial charge in [0.25, 0.3) is 0 Å². The van der Waals surface area contributed by atoms with Crippen molar-refractivity contribution in [2.75, 3.05) is 0 Å². The number of hydrogen-bond donors (Lipinski definition) is 3. The van der Waals surface area contributed by atoms with E-state index in [2.05, 4.69) is 37.9 Å². The molecule has 0 aromatic heterocycles. The molecule has 0 aromatic rings. The minimum Gasteiger partial charge on any atom is -0.401 e. The normalized spacial score (nSPS) is 21.6. The third-order valence-electron chi connectivity index (χ3n) is 5.59. The zero-order chi connectivity index (χ0) is 21.0. The van der Waals surface area contributed by atoms with Crippen molar-refractivity contribution in [3.05, 3.63) is 80.3 Å². The van der Waals surface area contributed by atoms with Crippen LogP contribution in [-0.4, -0.2) is 11.2 Å². The van der Waals surface area contributed by atoms with Gasteiger partial charge >= 0.3 is 0 Å². The SMILES string of the molecule is C=CCC1=CCCC(F)=C1C(O)C1=C(N)CC(CC)=C(NC2=CC=C(C)CC2)S1. The summed E-state index contributed by atoms with van der Waals surface area (Å²) in [5, 5.41) is 15.7. The zero-order valence-electron chi connectivity index (χ0n) is 17.4. The minimum atomic E-state index is -1.05. The van der Waals surface area contributed by atoms with Gasteiger partial charge in [-0.15, -0.1) is 6.58 Å². The molecular formula is C24H31FN2OS. The van der Waals surface area contributed by atoms with Crippen LogP contribution in [0.4, 0.5) is 4.39 Å². The first kappa shape index (κ1) is 21.7. The Morgan fingerprint density at radius 2 is 2.14 bits per heavy atom. The number of nitrogens with one attached hydrogen (secondary N) is 1. The molecule has 0 aromatic carbocycles. The standard InChI is InChI=1S/C24H31FN2OS/c1-4-7-17-8-6-9-19(25)21(17)22(28)23-20(26)14-16(5-2)24(29-23)27-18-12-10-15(3)11-13-18/h4,8,10,12,22,27-28H,1,5-7,9,11,13-14,26H2,2-3H3. The van der Waals surface area contributed by atoms with Crippen molar-refractivity contribution in [1.82, 2.24) is 5.32 Å². The molecule has 3 aliphatic rings. The van der Waals surface area contributed by atoms with Crippen LogP contribution in [0.25, 0.3) is 0 Å². The molecule has 29 heavy (non-hydrogen) atoms. The molecule has 5 heteroatoms. The lowest BCUT2D eigenvalue weighted by Gasteiger charge is -2.30. The summed E-state index contributed by atoms with van der Waals surface area (Å²) in [5.74, 6) is -0.242. The van der Waals surface area contributed by atoms with Crippen molar-refractivity contribution >= 4 is 11.8 Å². The number of allylic oxidation sites excluding steroid dienone is 8. The van der Waals surface area contributed by atoms with Gasteiger partial charge in [0.1, 0.15) is 11.9 Å². The van der Waals surface area contributed by atoms with E-state index in [0.717, 1.165) is 35.6 Å². The summed E-state index contributed by atoms with van der Waals surface area (Å²) in [5.41, 5.74) is 11.9. The van der Waals surface area contributed by atoms with Gasteiger partial charge in [-0.25, -0.2) is 4.39 Å². The molecule has 0 saturated carbocycles. The van der Waals surface area contributed by atoms with Crippen LogP contribution in [0.15, 0.2) is 80.3 Å². The van der Waals surface area contributed by atoms with Crippen LogP contribution in [0.2, 0.25) is 0 Å². The summed E-state index contributed by atoms with van der Waals surface area (Å²) >= 11 is 1.45. The number of rotatable bonds is 7. The van der Waals surface area contributed by atoms with E-state index in [-0.39, 0.29) is 5.83 Å². The number of hydrogen-bond acceptors (Lipinski definition) is 4. The molecule has 1 atom stereocenters. The first-order chi connectivity index (χ1) is 13.9. The van der Waals surface area contributed by atoms with Crippen molar-refractivity contribution in [1.29, 1.82) is 0 Å². The summed E-state index contributed by atoms with van der Waals surface area (Å²) in [6, 6.07) is 0. The van der Waals surface area contributed by atoms with Gasteiger partial charge in [-0.1, -0.05) is 42.5 Å². The zero-order valence-corrected chi connectivity index (χ0v) is 18.2. The molecule has 3 nitrogen and oxygen atoms in total. The molecular weight excluding hydrogens is 383 g/mol. The monoisotopic (exact) mass is 414 g/mol. The Morgan fingerprint density at radius 3 is 2.79 bits per heavy atom.